The Balaban J connectivity index is 1.92. The third-order valence-corrected chi connectivity index (χ3v) is 16.5. The Morgan fingerprint density at radius 1 is 0.435 bits per heavy atom. The zero-order valence-electron chi connectivity index (χ0n) is 54.8. The minimum Gasteiger partial charge on any atom is -0.466 e. The van der Waals surface area contributed by atoms with Crippen LogP contribution in [0.3, 0.4) is 0 Å². The Labute approximate surface area is 521 Å². The van der Waals surface area contributed by atoms with Crippen LogP contribution in [0.25, 0.3) is 0 Å². The number of aliphatic hydroxyl groups is 5. The Kier molecular flexibility index (Phi) is 59.1. The van der Waals surface area contributed by atoms with Gasteiger partial charge in [-0.3, -0.25) is 9.59 Å². The third-order valence-electron chi connectivity index (χ3n) is 16.5. The van der Waals surface area contributed by atoms with E-state index in [0.717, 1.165) is 70.6 Å². The Morgan fingerprint density at radius 2 is 0.800 bits per heavy atom. The van der Waals surface area contributed by atoms with E-state index in [-0.39, 0.29) is 18.5 Å². The SMILES string of the molecule is CCCCC/C=C\C/C=C\CCCCCCCC(=O)OCCCCCCCCCCC/C=C\C/C=C\CCCCCCCCCCCCCCCCCCCC(=O)NC(COC1OC(CO)C(O)C(O)C1O)C(O)/C=C/CC/C=C/CCCCC. The largest absolute Gasteiger partial charge is 0.466 e. The molecule has 1 aliphatic heterocycles. The Bertz CT molecular complexity index is 1640. The van der Waals surface area contributed by atoms with Gasteiger partial charge in [-0.05, 0) is 109 Å². The number of rotatable bonds is 62. The lowest BCUT2D eigenvalue weighted by Gasteiger charge is -2.40. The first-order valence-corrected chi connectivity index (χ1v) is 35.7. The minimum atomic E-state index is -1.58. The molecule has 1 fully saturated rings. The van der Waals surface area contributed by atoms with E-state index >= 15 is 0 Å². The van der Waals surface area contributed by atoms with Gasteiger partial charge in [0.2, 0.25) is 5.91 Å². The maximum atomic E-state index is 13.0. The Morgan fingerprint density at radius 3 is 1.24 bits per heavy atom. The van der Waals surface area contributed by atoms with Crippen molar-refractivity contribution in [3.05, 3.63) is 72.9 Å². The molecule has 0 spiro atoms. The van der Waals surface area contributed by atoms with Crippen molar-refractivity contribution < 1.29 is 49.3 Å². The van der Waals surface area contributed by atoms with E-state index in [4.69, 9.17) is 14.2 Å². The quantitative estimate of drug-likeness (QED) is 0.0195. The van der Waals surface area contributed by atoms with E-state index in [1.54, 1.807) is 6.08 Å². The van der Waals surface area contributed by atoms with Crippen LogP contribution >= 0.6 is 0 Å². The minimum absolute atomic E-state index is 0.00788. The molecule has 6 N–H and O–H groups in total. The van der Waals surface area contributed by atoms with Gasteiger partial charge in [-0.15, -0.1) is 0 Å². The van der Waals surface area contributed by atoms with Crippen molar-refractivity contribution in [2.45, 2.75) is 365 Å². The van der Waals surface area contributed by atoms with Gasteiger partial charge >= 0.3 is 5.97 Å². The van der Waals surface area contributed by atoms with Crippen molar-refractivity contribution in [3.63, 3.8) is 0 Å². The third kappa shape index (κ3) is 51.7. The first-order chi connectivity index (χ1) is 41.7. The van der Waals surface area contributed by atoms with E-state index in [1.807, 2.05) is 6.08 Å². The highest BCUT2D eigenvalue weighted by atomic mass is 16.7. The second kappa shape index (κ2) is 62.7. The average Bonchev–Trinajstić information content (AvgIpc) is 3.68. The highest BCUT2D eigenvalue weighted by Gasteiger charge is 2.44. The molecule has 1 saturated heterocycles. The van der Waals surface area contributed by atoms with Crippen LogP contribution in [0.1, 0.15) is 322 Å². The number of esters is 1. The number of amides is 1. The van der Waals surface area contributed by atoms with Crippen molar-refractivity contribution in [2.75, 3.05) is 19.8 Å². The van der Waals surface area contributed by atoms with E-state index < -0.39 is 49.5 Å². The molecule has 0 saturated carbocycles. The van der Waals surface area contributed by atoms with E-state index in [9.17, 15) is 35.1 Å². The van der Waals surface area contributed by atoms with Crippen LogP contribution in [0.4, 0.5) is 0 Å². The summed E-state index contributed by atoms with van der Waals surface area (Å²) in [5, 5.41) is 54.2. The molecule has 0 aromatic carbocycles. The molecule has 1 aliphatic rings. The van der Waals surface area contributed by atoms with Gasteiger partial charge < -0.3 is 45.1 Å². The van der Waals surface area contributed by atoms with Gasteiger partial charge in [0.1, 0.15) is 24.4 Å². The maximum Gasteiger partial charge on any atom is 0.305 e. The van der Waals surface area contributed by atoms with Gasteiger partial charge in [0.05, 0.1) is 32.0 Å². The summed E-state index contributed by atoms with van der Waals surface area (Å²) < 4.78 is 16.7. The summed E-state index contributed by atoms with van der Waals surface area (Å²) in [5.74, 6) is -0.201. The molecule has 11 nitrogen and oxygen atoms in total. The summed E-state index contributed by atoms with van der Waals surface area (Å²) in [7, 11) is 0. The van der Waals surface area contributed by atoms with Crippen LogP contribution in [0.5, 0.6) is 0 Å². The number of carbonyl (C=O) groups is 2. The lowest BCUT2D eigenvalue weighted by Crippen LogP contribution is -2.60. The molecule has 494 valence electrons. The molecule has 85 heavy (non-hydrogen) atoms. The van der Waals surface area contributed by atoms with Crippen molar-refractivity contribution in [1.82, 2.24) is 5.32 Å². The number of allylic oxidation sites excluding steroid dienone is 11. The summed E-state index contributed by atoms with van der Waals surface area (Å²) in [4.78, 5) is 25.1. The summed E-state index contributed by atoms with van der Waals surface area (Å²) in [6.07, 6.45) is 74.9. The Hall–Kier alpha value is -2.90. The molecule has 1 rings (SSSR count). The highest BCUT2D eigenvalue weighted by molar-refractivity contribution is 5.76. The summed E-state index contributed by atoms with van der Waals surface area (Å²) in [6.45, 7) is 4.26. The van der Waals surface area contributed by atoms with Gasteiger partial charge in [0.15, 0.2) is 6.29 Å². The lowest BCUT2D eigenvalue weighted by atomic mass is 9.99. The molecule has 0 aromatic heterocycles. The number of unbranched alkanes of at least 4 members (excludes halogenated alkanes) is 38. The summed E-state index contributed by atoms with van der Waals surface area (Å²) in [6, 6.07) is -0.826. The number of ether oxygens (including phenoxy) is 3. The molecule has 0 bridgehead atoms. The standard InChI is InChI=1S/C74H133NO10/c1-3-5-7-9-11-13-14-15-35-39-42-46-50-54-58-62-70(79)83-63-59-55-51-47-43-40-37-34-32-30-28-26-24-22-20-18-16-17-19-21-23-25-27-29-31-33-36-38-41-45-49-53-57-61-69(78)75-66(67(77)60-56-52-48-44-12-10-8-6-4-2)65-84-74-73(82)72(81)71(80)68(64-76)85-74/h11-13,15,20,22,26,28,35,44,56,60,66-68,71-74,76-77,80-82H,3-10,14,16-19,21,23-25,27,29-34,36-43,45-55,57-59,61-65H2,1-2H3,(H,75,78)/b13-11-,22-20-,28-26-,35-15-,44-12+,60-56+. The van der Waals surface area contributed by atoms with Crippen LogP contribution in [0.2, 0.25) is 0 Å². The second-order valence-electron chi connectivity index (χ2n) is 24.6. The molecule has 7 atom stereocenters. The first kappa shape index (κ1) is 80.1. The predicted octanol–water partition coefficient (Wildman–Crippen LogP) is 18.3. The highest BCUT2D eigenvalue weighted by Crippen LogP contribution is 2.23. The predicted molar refractivity (Wildman–Crippen MR) is 356 cm³/mol. The monoisotopic (exact) mass is 1200 g/mol. The van der Waals surface area contributed by atoms with E-state index in [1.165, 1.54) is 225 Å². The van der Waals surface area contributed by atoms with Crippen molar-refractivity contribution in [2.24, 2.45) is 0 Å². The molecule has 7 unspecified atom stereocenters. The fraction of sp³-hybridized carbons (Fsp3) is 0.811. The molecule has 0 aliphatic carbocycles. The van der Waals surface area contributed by atoms with E-state index in [2.05, 4.69) is 79.9 Å². The maximum absolute atomic E-state index is 13.0. The average molecular weight is 1200 g/mol. The fourth-order valence-corrected chi connectivity index (χ4v) is 10.9. The molecule has 0 aromatic rings. The molecule has 11 heteroatoms. The van der Waals surface area contributed by atoms with Crippen LogP contribution in [0.15, 0.2) is 72.9 Å². The summed E-state index contributed by atoms with van der Waals surface area (Å²) >= 11 is 0. The molecule has 1 amide bonds. The normalized spacial score (nSPS) is 18.4. The first-order valence-electron chi connectivity index (χ1n) is 35.7. The van der Waals surface area contributed by atoms with Gasteiger partial charge in [0.25, 0.3) is 0 Å². The number of hydrogen-bond acceptors (Lipinski definition) is 10. The van der Waals surface area contributed by atoms with Crippen LogP contribution in [-0.2, 0) is 23.8 Å². The van der Waals surface area contributed by atoms with Crippen molar-refractivity contribution in [1.29, 1.82) is 0 Å². The smallest absolute Gasteiger partial charge is 0.305 e. The number of nitrogens with one attached hydrogen (secondary N) is 1. The topological polar surface area (TPSA) is 175 Å². The molecule has 0 radical (unpaired) electrons. The number of carbonyl (C=O) groups excluding carboxylic acids is 2. The molecule has 1 heterocycles. The number of hydrogen-bond donors (Lipinski definition) is 6. The van der Waals surface area contributed by atoms with Gasteiger partial charge in [-0.2, -0.15) is 0 Å². The van der Waals surface area contributed by atoms with Crippen LogP contribution < -0.4 is 5.32 Å². The number of aliphatic hydroxyl groups excluding tert-OH is 5. The van der Waals surface area contributed by atoms with E-state index in [0.29, 0.717) is 19.4 Å². The van der Waals surface area contributed by atoms with Gasteiger partial charge in [-0.25, -0.2) is 0 Å². The second-order valence-corrected chi connectivity index (χ2v) is 24.6. The van der Waals surface area contributed by atoms with Crippen LogP contribution in [0, 0.1) is 0 Å². The van der Waals surface area contributed by atoms with Gasteiger partial charge in [-0.1, -0.05) is 273 Å². The molecular weight excluding hydrogens is 1060 g/mol. The van der Waals surface area contributed by atoms with Crippen molar-refractivity contribution >= 4 is 11.9 Å². The van der Waals surface area contributed by atoms with Gasteiger partial charge in [0, 0.05) is 12.8 Å². The van der Waals surface area contributed by atoms with Crippen molar-refractivity contribution in [3.8, 4) is 0 Å². The fourth-order valence-electron chi connectivity index (χ4n) is 10.9. The lowest BCUT2D eigenvalue weighted by molar-refractivity contribution is -0.302. The zero-order valence-corrected chi connectivity index (χ0v) is 54.8. The van der Waals surface area contributed by atoms with Crippen LogP contribution in [-0.4, -0.2) is 100 Å². The molecular formula is C74H133NO10. The zero-order chi connectivity index (χ0) is 61.6. The summed E-state index contributed by atoms with van der Waals surface area (Å²) in [5.41, 5.74) is 0.